The van der Waals surface area contributed by atoms with Crippen molar-refractivity contribution < 1.29 is 29.3 Å². The first-order valence-electron chi connectivity index (χ1n) is 10.2. The predicted octanol–water partition coefficient (Wildman–Crippen LogP) is 2.36. The van der Waals surface area contributed by atoms with Crippen molar-refractivity contribution in [2.24, 2.45) is 0 Å². The van der Waals surface area contributed by atoms with Crippen molar-refractivity contribution in [3.05, 3.63) is 75.7 Å². The van der Waals surface area contributed by atoms with Gasteiger partial charge in [-0.05, 0) is 22.3 Å². The van der Waals surface area contributed by atoms with E-state index in [1.54, 1.807) is 0 Å². The van der Waals surface area contributed by atoms with E-state index < -0.39 is 30.6 Å². The van der Waals surface area contributed by atoms with Crippen molar-refractivity contribution in [3.8, 4) is 11.1 Å². The number of ether oxygens (including phenoxy) is 1. The van der Waals surface area contributed by atoms with Crippen molar-refractivity contribution in [2.45, 2.75) is 18.5 Å². The Hall–Kier alpha value is -3.76. The molecule has 170 valence electrons. The molecule has 33 heavy (non-hydrogen) atoms. The molecular weight excluding hydrogens is 446 g/mol. The number of carboxylic acids is 1. The Bertz CT molecular complexity index is 1150. The van der Waals surface area contributed by atoms with Crippen molar-refractivity contribution in [2.75, 3.05) is 13.2 Å². The fraction of sp³-hybridized carbons (Fsp3) is 0.217. The maximum absolute atomic E-state index is 12.3. The third-order valence-electron chi connectivity index (χ3n) is 5.29. The summed E-state index contributed by atoms with van der Waals surface area (Å²) in [5.41, 5.74) is 4.51. The predicted molar refractivity (Wildman–Crippen MR) is 120 cm³/mol. The second-order valence-electron chi connectivity index (χ2n) is 7.34. The number of carboxylic acid groups (broad SMARTS) is 1. The van der Waals surface area contributed by atoms with Crippen LogP contribution in [0.4, 0.5) is 4.79 Å². The molecule has 4 rings (SSSR count). The summed E-state index contributed by atoms with van der Waals surface area (Å²) in [7, 11) is 0. The number of carbonyl (C=O) groups excluding carboxylic acids is 2. The summed E-state index contributed by atoms with van der Waals surface area (Å²) in [6, 6.07) is 14.7. The van der Waals surface area contributed by atoms with Crippen LogP contribution in [0.15, 0.2) is 54.7 Å². The van der Waals surface area contributed by atoms with Gasteiger partial charge in [-0.1, -0.05) is 48.5 Å². The highest BCUT2D eigenvalue weighted by atomic mass is 32.1. The zero-order chi connectivity index (χ0) is 23.4. The zero-order valence-corrected chi connectivity index (χ0v) is 18.2. The topological polar surface area (TPSA) is 138 Å². The van der Waals surface area contributed by atoms with E-state index in [0.717, 1.165) is 33.6 Å². The van der Waals surface area contributed by atoms with Gasteiger partial charge in [-0.3, -0.25) is 4.79 Å². The molecule has 3 aromatic rings. The number of aliphatic hydroxyl groups excluding tert-OH is 1. The molecule has 0 saturated heterocycles. The molecule has 0 radical (unpaired) electrons. The molecule has 0 spiro atoms. The molecule has 10 heteroatoms. The Balaban J connectivity index is 1.31. The summed E-state index contributed by atoms with van der Waals surface area (Å²) in [4.78, 5) is 39.5. The molecule has 0 aliphatic heterocycles. The van der Waals surface area contributed by atoms with Crippen LogP contribution in [0.2, 0.25) is 0 Å². The van der Waals surface area contributed by atoms with Gasteiger partial charge in [0.15, 0.2) is 6.04 Å². The molecule has 0 fully saturated rings. The molecular formula is C23H21N3O6S. The van der Waals surface area contributed by atoms with Gasteiger partial charge in [-0.15, -0.1) is 11.3 Å². The van der Waals surface area contributed by atoms with Crippen molar-refractivity contribution >= 4 is 29.3 Å². The van der Waals surface area contributed by atoms with E-state index in [0.29, 0.717) is 5.01 Å². The number of nitrogens with one attached hydrogen (secondary N) is 2. The second kappa shape index (κ2) is 9.80. The highest BCUT2D eigenvalue weighted by molar-refractivity contribution is 7.13. The summed E-state index contributed by atoms with van der Waals surface area (Å²) < 4.78 is 5.46. The molecule has 4 N–H and O–H groups in total. The lowest BCUT2D eigenvalue weighted by atomic mass is 9.98. The highest BCUT2D eigenvalue weighted by Gasteiger charge is 2.29. The van der Waals surface area contributed by atoms with E-state index in [1.807, 2.05) is 36.4 Å². The number of aliphatic carboxylic acids is 1. The first-order valence-corrected chi connectivity index (χ1v) is 11.0. The smallest absolute Gasteiger partial charge is 0.407 e. The molecule has 1 aliphatic carbocycles. The summed E-state index contributed by atoms with van der Waals surface area (Å²) in [6.07, 6.45) is 0.676. The Morgan fingerprint density at radius 2 is 1.70 bits per heavy atom. The first-order chi connectivity index (χ1) is 16.0. The summed E-state index contributed by atoms with van der Waals surface area (Å²) in [6.45, 7) is -0.490. The van der Waals surface area contributed by atoms with Crippen LogP contribution in [0, 0.1) is 0 Å². The van der Waals surface area contributed by atoms with Gasteiger partial charge in [0.25, 0.3) is 5.91 Å². The highest BCUT2D eigenvalue weighted by Crippen LogP contribution is 2.44. The van der Waals surface area contributed by atoms with Gasteiger partial charge < -0.3 is 25.6 Å². The first kappa shape index (κ1) is 22.4. The van der Waals surface area contributed by atoms with Crippen LogP contribution < -0.4 is 10.6 Å². The summed E-state index contributed by atoms with van der Waals surface area (Å²) in [5, 5.41) is 23.2. The van der Waals surface area contributed by atoms with Crippen molar-refractivity contribution in [3.63, 3.8) is 0 Å². The maximum Gasteiger partial charge on any atom is 0.407 e. The van der Waals surface area contributed by atoms with E-state index in [4.69, 9.17) is 14.9 Å². The lowest BCUT2D eigenvalue weighted by molar-refractivity contribution is -0.140. The minimum atomic E-state index is -1.40. The molecule has 0 bridgehead atoms. The molecule has 1 heterocycles. The van der Waals surface area contributed by atoms with Crippen molar-refractivity contribution in [1.82, 2.24) is 15.6 Å². The largest absolute Gasteiger partial charge is 0.480 e. The number of aromatic nitrogens is 1. The number of nitrogens with zero attached hydrogens (tertiary/aromatic N) is 1. The minimum absolute atomic E-state index is 0.0491. The van der Waals surface area contributed by atoms with E-state index in [1.165, 1.54) is 6.20 Å². The molecule has 1 aliphatic rings. The number of hydrogen-bond acceptors (Lipinski definition) is 7. The molecule has 2 amide bonds. The zero-order valence-electron chi connectivity index (χ0n) is 17.4. The van der Waals surface area contributed by atoms with Gasteiger partial charge in [0.05, 0.1) is 19.3 Å². The number of hydrogen-bond donors (Lipinski definition) is 4. The summed E-state index contributed by atoms with van der Waals surface area (Å²) in [5.74, 6) is -2.05. The number of benzene rings is 2. The molecule has 9 nitrogen and oxygen atoms in total. The Kier molecular flexibility index (Phi) is 6.66. The minimum Gasteiger partial charge on any atom is -0.480 e. The SMILES string of the molecule is O=C(NCc1ncc(C(=O)N[C@@H](CO)C(=O)O)s1)OCC1c2ccccc2-c2ccccc21. The van der Waals surface area contributed by atoms with Crippen LogP contribution in [0.3, 0.4) is 0 Å². The van der Waals surface area contributed by atoms with Gasteiger partial charge in [0, 0.05) is 5.92 Å². The van der Waals surface area contributed by atoms with E-state index in [2.05, 4.69) is 27.8 Å². The van der Waals surface area contributed by atoms with Crippen LogP contribution in [-0.4, -0.2) is 52.4 Å². The van der Waals surface area contributed by atoms with Gasteiger partial charge in [-0.2, -0.15) is 0 Å². The van der Waals surface area contributed by atoms with E-state index >= 15 is 0 Å². The third kappa shape index (κ3) is 4.86. The second-order valence-corrected chi connectivity index (χ2v) is 8.46. The maximum atomic E-state index is 12.3. The van der Waals surface area contributed by atoms with E-state index in [9.17, 15) is 14.4 Å². The van der Waals surface area contributed by atoms with Gasteiger partial charge in [0.2, 0.25) is 0 Å². The number of thiazole rings is 1. The fourth-order valence-electron chi connectivity index (χ4n) is 3.71. The average molecular weight is 468 g/mol. The third-order valence-corrected chi connectivity index (χ3v) is 6.29. The van der Waals surface area contributed by atoms with Gasteiger partial charge in [0.1, 0.15) is 16.5 Å². The Morgan fingerprint density at radius 1 is 1.06 bits per heavy atom. The fourth-order valence-corrected chi connectivity index (χ4v) is 4.47. The molecule has 0 saturated carbocycles. The number of carbonyl (C=O) groups is 3. The van der Waals surface area contributed by atoms with Gasteiger partial charge in [-0.25, -0.2) is 14.6 Å². The van der Waals surface area contributed by atoms with Gasteiger partial charge >= 0.3 is 12.1 Å². The molecule has 1 aromatic heterocycles. The number of amides is 2. The average Bonchev–Trinajstić information content (AvgIpc) is 3.42. The van der Waals surface area contributed by atoms with Crippen LogP contribution in [0.25, 0.3) is 11.1 Å². The van der Waals surface area contributed by atoms with E-state index in [-0.39, 0.29) is 23.9 Å². The number of alkyl carbamates (subject to hydrolysis) is 1. The van der Waals surface area contributed by atoms with Crippen LogP contribution >= 0.6 is 11.3 Å². The van der Waals surface area contributed by atoms with Crippen LogP contribution in [0.1, 0.15) is 31.7 Å². The Morgan fingerprint density at radius 3 is 2.30 bits per heavy atom. The lowest BCUT2D eigenvalue weighted by Gasteiger charge is -2.14. The Labute approximate surface area is 193 Å². The monoisotopic (exact) mass is 467 g/mol. The number of fused-ring (bicyclic) bond motifs is 3. The molecule has 1 atom stereocenters. The molecule has 2 aromatic carbocycles. The summed E-state index contributed by atoms with van der Waals surface area (Å²) >= 11 is 1.00. The number of rotatable bonds is 8. The lowest BCUT2D eigenvalue weighted by Crippen LogP contribution is -2.43. The molecule has 0 unspecified atom stereocenters. The normalized spacial score (nSPS) is 13.0. The standard InChI is InChI=1S/C23H21N3O6S/c27-11-18(22(29)30)26-21(28)19-9-24-20(33-19)10-25-23(31)32-12-17-15-7-3-1-5-13(15)14-6-2-4-8-16(14)17/h1-9,17-18,27H,10-12H2,(H,25,31)(H,26,28)(H,29,30)/t18-/m0/s1. The number of aliphatic hydroxyl groups is 1. The van der Waals surface area contributed by atoms with Crippen molar-refractivity contribution in [1.29, 1.82) is 0 Å². The van der Waals surface area contributed by atoms with Crippen LogP contribution in [0.5, 0.6) is 0 Å². The van der Waals surface area contributed by atoms with Crippen LogP contribution in [-0.2, 0) is 16.1 Å². The quantitative estimate of drug-likeness (QED) is 0.399.